The van der Waals surface area contributed by atoms with Crippen LogP contribution in [0.5, 0.6) is 0 Å². The SMILES string of the molecule is CC1CCc2c(C(=O)N[C@@H](CC(=O)O)C(=O)O)csc2C1. The van der Waals surface area contributed by atoms with Gasteiger partial charge in [-0.15, -0.1) is 11.3 Å². The lowest BCUT2D eigenvalue weighted by Crippen LogP contribution is -2.42. The molecule has 1 aromatic heterocycles. The summed E-state index contributed by atoms with van der Waals surface area (Å²) in [5.74, 6) is -2.52. The molecule has 7 heteroatoms. The summed E-state index contributed by atoms with van der Waals surface area (Å²) in [6, 6.07) is -1.41. The van der Waals surface area contributed by atoms with Crippen molar-refractivity contribution in [3.05, 3.63) is 21.4 Å². The van der Waals surface area contributed by atoms with E-state index in [9.17, 15) is 14.4 Å². The largest absolute Gasteiger partial charge is 0.481 e. The maximum Gasteiger partial charge on any atom is 0.326 e. The van der Waals surface area contributed by atoms with E-state index in [0.717, 1.165) is 24.8 Å². The van der Waals surface area contributed by atoms with Gasteiger partial charge in [-0.05, 0) is 30.7 Å². The van der Waals surface area contributed by atoms with Gasteiger partial charge >= 0.3 is 11.9 Å². The third-order valence-electron chi connectivity index (χ3n) is 3.63. The Labute approximate surface area is 125 Å². The van der Waals surface area contributed by atoms with E-state index in [1.807, 2.05) is 0 Å². The van der Waals surface area contributed by atoms with E-state index >= 15 is 0 Å². The van der Waals surface area contributed by atoms with E-state index in [1.54, 1.807) is 5.38 Å². The number of rotatable bonds is 5. The van der Waals surface area contributed by atoms with Crippen molar-refractivity contribution in [2.24, 2.45) is 5.92 Å². The lowest BCUT2D eigenvalue weighted by atomic mass is 9.88. The Morgan fingerprint density at radius 1 is 1.43 bits per heavy atom. The molecule has 114 valence electrons. The molecule has 0 radical (unpaired) electrons. The highest BCUT2D eigenvalue weighted by Gasteiger charge is 2.27. The van der Waals surface area contributed by atoms with Gasteiger partial charge in [0.1, 0.15) is 6.04 Å². The third kappa shape index (κ3) is 3.60. The molecule has 1 amide bonds. The summed E-state index contributed by atoms with van der Waals surface area (Å²) in [6.07, 6.45) is 2.11. The number of thiophene rings is 1. The van der Waals surface area contributed by atoms with Crippen molar-refractivity contribution >= 4 is 29.2 Å². The number of fused-ring (bicyclic) bond motifs is 1. The van der Waals surface area contributed by atoms with Crippen molar-refractivity contribution in [3.8, 4) is 0 Å². The predicted octanol–water partition coefficient (Wildman–Crippen LogP) is 1.53. The summed E-state index contributed by atoms with van der Waals surface area (Å²) in [7, 11) is 0. The number of carbonyl (C=O) groups excluding carboxylic acids is 1. The van der Waals surface area contributed by atoms with E-state index in [1.165, 1.54) is 16.2 Å². The van der Waals surface area contributed by atoms with Gasteiger partial charge in [-0.1, -0.05) is 6.92 Å². The molecule has 0 fully saturated rings. The van der Waals surface area contributed by atoms with E-state index < -0.39 is 30.3 Å². The van der Waals surface area contributed by atoms with Crippen LogP contribution in [-0.2, 0) is 22.4 Å². The Balaban J connectivity index is 2.13. The molecule has 6 nitrogen and oxygen atoms in total. The number of aliphatic carboxylic acids is 2. The second-order valence-electron chi connectivity index (χ2n) is 5.36. The van der Waals surface area contributed by atoms with Gasteiger partial charge in [0.25, 0.3) is 5.91 Å². The number of hydrogen-bond donors (Lipinski definition) is 3. The molecule has 21 heavy (non-hydrogen) atoms. The lowest BCUT2D eigenvalue weighted by Gasteiger charge is -2.19. The third-order valence-corrected chi connectivity index (χ3v) is 4.68. The van der Waals surface area contributed by atoms with Crippen LogP contribution in [0.4, 0.5) is 0 Å². The van der Waals surface area contributed by atoms with Gasteiger partial charge in [0.15, 0.2) is 0 Å². The van der Waals surface area contributed by atoms with Crippen molar-refractivity contribution in [1.29, 1.82) is 0 Å². The first-order chi connectivity index (χ1) is 9.88. The van der Waals surface area contributed by atoms with Crippen LogP contribution in [0.3, 0.4) is 0 Å². The summed E-state index contributed by atoms with van der Waals surface area (Å²) in [5.41, 5.74) is 1.47. The molecule has 0 saturated heterocycles. The second-order valence-corrected chi connectivity index (χ2v) is 6.33. The van der Waals surface area contributed by atoms with Crippen molar-refractivity contribution < 1.29 is 24.6 Å². The first-order valence-electron chi connectivity index (χ1n) is 6.73. The summed E-state index contributed by atoms with van der Waals surface area (Å²) in [4.78, 5) is 35.0. The topological polar surface area (TPSA) is 104 Å². The first kappa shape index (κ1) is 15.5. The molecule has 0 bridgehead atoms. The van der Waals surface area contributed by atoms with E-state index in [0.29, 0.717) is 11.5 Å². The average Bonchev–Trinajstić information content (AvgIpc) is 2.80. The van der Waals surface area contributed by atoms with E-state index in [4.69, 9.17) is 10.2 Å². The lowest BCUT2D eigenvalue weighted by molar-refractivity contribution is -0.145. The summed E-state index contributed by atoms with van der Waals surface area (Å²) in [6.45, 7) is 2.16. The monoisotopic (exact) mass is 311 g/mol. The molecule has 3 N–H and O–H groups in total. The predicted molar refractivity (Wildman–Crippen MR) is 76.7 cm³/mol. The van der Waals surface area contributed by atoms with Crippen LogP contribution in [0.15, 0.2) is 5.38 Å². The maximum atomic E-state index is 12.2. The summed E-state index contributed by atoms with van der Waals surface area (Å²) < 4.78 is 0. The molecule has 1 aliphatic rings. The highest BCUT2D eigenvalue weighted by atomic mass is 32.1. The Hall–Kier alpha value is -1.89. The van der Waals surface area contributed by atoms with Crippen molar-refractivity contribution in [1.82, 2.24) is 5.32 Å². The van der Waals surface area contributed by atoms with Gasteiger partial charge < -0.3 is 15.5 Å². The van der Waals surface area contributed by atoms with Gasteiger partial charge in [-0.2, -0.15) is 0 Å². The molecule has 1 unspecified atom stereocenters. The van der Waals surface area contributed by atoms with Crippen LogP contribution >= 0.6 is 11.3 Å². The molecule has 1 aliphatic carbocycles. The molecule has 0 spiro atoms. The first-order valence-corrected chi connectivity index (χ1v) is 7.61. The van der Waals surface area contributed by atoms with Crippen molar-refractivity contribution in [3.63, 3.8) is 0 Å². The van der Waals surface area contributed by atoms with Gasteiger partial charge in [-0.3, -0.25) is 9.59 Å². The molecule has 0 aliphatic heterocycles. The molecule has 0 saturated carbocycles. The van der Waals surface area contributed by atoms with Gasteiger partial charge in [-0.25, -0.2) is 4.79 Å². The summed E-state index contributed by atoms with van der Waals surface area (Å²) >= 11 is 1.51. The molecule has 1 heterocycles. The molecule has 2 atom stereocenters. The quantitative estimate of drug-likeness (QED) is 0.765. The minimum absolute atomic E-state index is 0.485. The Morgan fingerprint density at radius 2 is 2.14 bits per heavy atom. The Morgan fingerprint density at radius 3 is 2.76 bits per heavy atom. The Bertz CT molecular complexity index is 580. The average molecular weight is 311 g/mol. The van der Waals surface area contributed by atoms with Crippen LogP contribution in [0, 0.1) is 5.92 Å². The summed E-state index contributed by atoms with van der Waals surface area (Å²) in [5, 5.41) is 21.7. The zero-order valence-electron chi connectivity index (χ0n) is 11.6. The van der Waals surface area contributed by atoms with Gasteiger partial charge in [0.05, 0.1) is 12.0 Å². The van der Waals surface area contributed by atoms with E-state index in [-0.39, 0.29) is 0 Å². The normalized spacial score (nSPS) is 18.6. The molecule has 0 aromatic carbocycles. The number of carbonyl (C=O) groups is 3. The number of carboxylic acid groups (broad SMARTS) is 2. The number of amides is 1. The van der Waals surface area contributed by atoms with E-state index in [2.05, 4.69) is 12.2 Å². The standard InChI is InChI=1S/C14H17NO5S/c1-7-2-3-8-9(6-21-11(8)4-7)13(18)15-10(14(19)20)5-12(16)17/h6-7,10H,2-5H2,1H3,(H,15,18)(H,16,17)(H,19,20)/t7?,10-/m0/s1. The zero-order valence-corrected chi connectivity index (χ0v) is 12.4. The number of nitrogens with one attached hydrogen (secondary N) is 1. The Kier molecular flexibility index (Phi) is 4.62. The van der Waals surface area contributed by atoms with Crippen molar-refractivity contribution in [2.45, 2.75) is 38.6 Å². The minimum atomic E-state index is -1.41. The zero-order chi connectivity index (χ0) is 15.6. The van der Waals surface area contributed by atoms with Gasteiger partial charge in [0.2, 0.25) is 0 Å². The minimum Gasteiger partial charge on any atom is -0.481 e. The van der Waals surface area contributed by atoms with Crippen LogP contribution in [0.25, 0.3) is 0 Å². The van der Waals surface area contributed by atoms with Crippen LogP contribution < -0.4 is 5.32 Å². The highest BCUT2D eigenvalue weighted by molar-refractivity contribution is 7.10. The van der Waals surface area contributed by atoms with Crippen LogP contribution in [0.1, 0.15) is 40.6 Å². The molecular formula is C14H17NO5S. The smallest absolute Gasteiger partial charge is 0.326 e. The molecular weight excluding hydrogens is 294 g/mol. The maximum absolute atomic E-state index is 12.2. The second kappa shape index (κ2) is 6.26. The van der Waals surface area contributed by atoms with Crippen LogP contribution in [-0.4, -0.2) is 34.1 Å². The van der Waals surface area contributed by atoms with Crippen LogP contribution in [0.2, 0.25) is 0 Å². The fourth-order valence-corrected chi connectivity index (χ4v) is 3.72. The molecule has 2 rings (SSSR count). The highest BCUT2D eigenvalue weighted by Crippen LogP contribution is 2.32. The number of carboxylic acids is 2. The van der Waals surface area contributed by atoms with Gasteiger partial charge in [0, 0.05) is 10.3 Å². The fraction of sp³-hybridized carbons (Fsp3) is 0.500. The van der Waals surface area contributed by atoms with Crippen molar-refractivity contribution in [2.75, 3.05) is 0 Å². The molecule has 1 aromatic rings. The number of hydrogen-bond acceptors (Lipinski definition) is 4. The fourth-order valence-electron chi connectivity index (χ4n) is 2.48.